The number of nitrogens with zero attached hydrogens (tertiary/aromatic N) is 2. The molecule has 1 amide bonds. The fourth-order valence-corrected chi connectivity index (χ4v) is 3.84. The molecule has 0 aromatic carbocycles. The van der Waals surface area contributed by atoms with Gasteiger partial charge in [0.25, 0.3) is 0 Å². The van der Waals surface area contributed by atoms with Crippen LogP contribution in [0.1, 0.15) is 24.8 Å². The number of aromatic nitrogens is 1. The summed E-state index contributed by atoms with van der Waals surface area (Å²) in [6.45, 7) is 3.93. The van der Waals surface area contributed by atoms with Gasteiger partial charge in [-0.1, -0.05) is 6.07 Å². The fraction of sp³-hybridized carbons (Fsp3) is 0.667. The second kappa shape index (κ2) is 6.78. The zero-order valence-electron chi connectivity index (χ0n) is 13.9. The SMILES string of the molecule is O=C([C@H]1CCOC1)N1CC2(C[C@H](OCc3cccnc3)CCO2)C1. The highest BCUT2D eigenvalue weighted by Gasteiger charge is 2.50. The third kappa shape index (κ3) is 3.31. The Kier molecular flexibility index (Phi) is 4.52. The summed E-state index contributed by atoms with van der Waals surface area (Å²) < 4.78 is 17.4. The van der Waals surface area contributed by atoms with Gasteiger partial charge in [0.2, 0.25) is 5.91 Å². The lowest BCUT2D eigenvalue weighted by Gasteiger charge is -2.53. The molecule has 1 aromatic heterocycles. The van der Waals surface area contributed by atoms with Gasteiger partial charge < -0.3 is 19.1 Å². The number of ether oxygens (including phenoxy) is 3. The van der Waals surface area contributed by atoms with Gasteiger partial charge in [0.15, 0.2) is 0 Å². The van der Waals surface area contributed by atoms with Crippen LogP contribution in [0.3, 0.4) is 0 Å². The first-order valence-corrected chi connectivity index (χ1v) is 8.75. The Labute approximate surface area is 142 Å². The minimum Gasteiger partial charge on any atom is -0.381 e. The van der Waals surface area contributed by atoms with Gasteiger partial charge in [0.1, 0.15) is 5.60 Å². The number of rotatable bonds is 4. The Bertz CT molecular complexity index is 568. The quantitative estimate of drug-likeness (QED) is 0.834. The van der Waals surface area contributed by atoms with E-state index in [1.165, 1.54) is 0 Å². The highest BCUT2D eigenvalue weighted by Crippen LogP contribution is 2.36. The minimum atomic E-state index is -0.201. The summed E-state index contributed by atoms with van der Waals surface area (Å²) >= 11 is 0. The molecule has 1 spiro atoms. The maximum absolute atomic E-state index is 12.4. The normalized spacial score (nSPS) is 28.8. The number of likely N-dealkylation sites (tertiary alicyclic amines) is 1. The molecule has 130 valence electrons. The maximum Gasteiger partial charge on any atom is 0.228 e. The zero-order valence-corrected chi connectivity index (χ0v) is 13.9. The number of amides is 1. The van der Waals surface area contributed by atoms with E-state index < -0.39 is 0 Å². The van der Waals surface area contributed by atoms with E-state index in [-0.39, 0.29) is 23.5 Å². The molecular formula is C18H24N2O4. The number of hydrogen-bond donors (Lipinski definition) is 0. The van der Waals surface area contributed by atoms with Gasteiger partial charge in [0.05, 0.1) is 38.3 Å². The number of hydrogen-bond acceptors (Lipinski definition) is 5. The second-order valence-corrected chi connectivity index (χ2v) is 7.07. The Morgan fingerprint density at radius 3 is 3.04 bits per heavy atom. The van der Waals surface area contributed by atoms with E-state index in [0.717, 1.165) is 24.8 Å². The summed E-state index contributed by atoms with van der Waals surface area (Å²) in [4.78, 5) is 18.4. The highest BCUT2D eigenvalue weighted by molar-refractivity contribution is 5.80. The van der Waals surface area contributed by atoms with Gasteiger partial charge in [-0.25, -0.2) is 0 Å². The molecule has 6 nitrogen and oxygen atoms in total. The van der Waals surface area contributed by atoms with Gasteiger partial charge in [-0.2, -0.15) is 0 Å². The predicted molar refractivity (Wildman–Crippen MR) is 86.2 cm³/mol. The summed E-state index contributed by atoms with van der Waals surface area (Å²) in [6.07, 6.45) is 6.40. The number of carbonyl (C=O) groups is 1. The molecule has 6 heteroatoms. The largest absolute Gasteiger partial charge is 0.381 e. The molecule has 2 atom stereocenters. The Hall–Kier alpha value is -1.50. The Morgan fingerprint density at radius 2 is 2.29 bits per heavy atom. The third-order valence-electron chi connectivity index (χ3n) is 5.20. The molecule has 0 aliphatic carbocycles. The van der Waals surface area contributed by atoms with Crippen LogP contribution in [0, 0.1) is 5.92 Å². The van der Waals surface area contributed by atoms with Crippen LogP contribution in [0.5, 0.6) is 0 Å². The van der Waals surface area contributed by atoms with Gasteiger partial charge in [-0.3, -0.25) is 9.78 Å². The number of carbonyl (C=O) groups excluding carboxylic acids is 1. The summed E-state index contributed by atoms with van der Waals surface area (Å²) in [5.41, 5.74) is 0.886. The third-order valence-corrected chi connectivity index (χ3v) is 5.20. The summed E-state index contributed by atoms with van der Waals surface area (Å²) in [6, 6.07) is 3.95. The van der Waals surface area contributed by atoms with Crippen molar-refractivity contribution in [2.75, 3.05) is 32.9 Å². The van der Waals surface area contributed by atoms with E-state index in [0.29, 0.717) is 39.5 Å². The molecule has 3 aliphatic heterocycles. The van der Waals surface area contributed by atoms with Crippen LogP contribution in [-0.4, -0.2) is 60.4 Å². The van der Waals surface area contributed by atoms with E-state index in [9.17, 15) is 4.79 Å². The van der Waals surface area contributed by atoms with E-state index in [1.807, 2.05) is 23.2 Å². The standard InChI is InChI=1S/C18H24N2O4/c21-17(15-3-6-22-11-15)20-12-18(13-20)8-16(4-7-24-18)23-10-14-2-1-5-19-9-14/h1-2,5,9,15-16H,3-4,6-8,10-13H2/t15-,16+/m0/s1. The van der Waals surface area contributed by atoms with Crippen molar-refractivity contribution in [1.29, 1.82) is 0 Å². The molecule has 0 saturated carbocycles. The van der Waals surface area contributed by atoms with Crippen LogP contribution < -0.4 is 0 Å². The van der Waals surface area contributed by atoms with Crippen molar-refractivity contribution >= 4 is 5.91 Å². The first kappa shape index (κ1) is 16.0. The average molecular weight is 332 g/mol. The summed E-state index contributed by atoms with van der Waals surface area (Å²) in [7, 11) is 0. The molecule has 0 unspecified atom stereocenters. The van der Waals surface area contributed by atoms with Crippen molar-refractivity contribution in [1.82, 2.24) is 9.88 Å². The second-order valence-electron chi connectivity index (χ2n) is 7.07. The van der Waals surface area contributed by atoms with Crippen molar-refractivity contribution < 1.29 is 19.0 Å². The molecule has 3 saturated heterocycles. The van der Waals surface area contributed by atoms with Crippen molar-refractivity contribution in [2.45, 2.75) is 37.6 Å². The molecule has 0 N–H and O–H groups in total. The van der Waals surface area contributed by atoms with Gasteiger partial charge in [-0.05, 0) is 24.5 Å². The molecule has 0 bridgehead atoms. The van der Waals surface area contributed by atoms with Crippen molar-refractivity contribution in [3.05, 3.63) is 30.1 Å². The summed E-state index contributed by atoms with van der Waals surface area (Å²) in [5.74, 6) is 0.267. The van der Waals surface area contributed by atoms with Crippen LogP contribution in [-0.2, 0) is 25.6 Å². The van der Waals surface area contributed by atoms with Crippen LogP contribution in [0.15, 0.2) is 24.5 Å². The molecule has 1 aromatic rings. The van der Waals surface area contributed by atoms with E-state index in [2.05, 4.69) is 4.98 Å². The molecule has 3 aliphatic rings. The monoisotopic (exact) mass is 332 g/mol. The average Bonchev–Trinajstić information content (AvgIpc) is 3.13. The lowest BCUT2D eigenvalue weighted by molar-refractivity contribution is -0.204. The van der Waals surface area contributed by atoms with Crippen LogP contribution in [0.25, 0.3) is 0 Å². The molecule has 24 heavy (non-hydrogen) atoms. The predicted octanol–water partition coefficient (Wildman–Crippen LogP) is 1.39. The number of pyridine rings is 1. The van der Waals surface area contributed by atoms with Gasteiger partial charge in [0, 0.05) is 32.0 Å². The van der Waals surface area contributed by atoms with Crippen molar-refractivity contribution in [2.24, 2.45) is 5.92 Å². The van der Waals surface area contributed by atoms with Crippen LogP contribution >= 0.6 is 0 Å². The van der Waals surface area contributed by atoms with Gasteiger partial charge >= 0.3 is 0 Å². The topological polar surface area (TPSA) is 60.9 Å². The molecular weight excluding hydrogens is 308 g/mol. The smallest absolute Gasteiger partial charge is 0.228 e. The van der Waals surface area contributed by atoms with Crippen LogP contribution in [0.4, 0.5) is 0 Å². The van der Waals surface area contributed by atoms with E-state index in [4.69, 9.17) is 14.2 Å². The molecule has 0 radical (unpaired) electrons. The minimum absolute atomic E-state index is 0.0450. The molecule has 4 rings (SSSR count). The lowest BCUT2D eigenvalue weighted by atomic mass is 9.84. The van der Waals surface area contributed by atoms with Gasteiger partial charge in [-0.15, -0.1) is 0 Å². The van der Waals surface area contributed by atoms with Crippen molar-refractivity contribution in [3.63, 3.8) is 0 Å². The van der Waals surface area contributed by atoms with E-state index >= 15 is 0 Å². The zero-order chi connectivity index (χ0) is 16.4. The van der Waals surface area contributed by atoms with Crippen molar-refractivity contribution in [3.8, 4) is 0 Å². The summed E-state index contributed by atoms with van der Waals surface area (Å²) in [5, 5.41) is 0. The fourth-order valence-electron chi connectivity index (χ4n) is 3.84. The molecule has 4 heterocycles. The lowest BCUT2D eigenvalue weighted by Crippen LogP contribution is -2.68. The first-order valence-electron chi connectivity index (χ1n) is 8.75. The molecule has 3 fully saturated rings. The maximum atomic E-state index is 12.4. The van der Waals surface area contributed by atoms with Crippen LogP contribution in [0.2, 0.25) is 0 Å². The Morgan fingerprint density at radius 1 is 1.38 bits per heavy atom. The first-order chi connectivity index (χ1) is 11.7. The highest BCUT2D eigenvalue weighted by atomic mass is 16.5. The van der Waals surface area contributed by atoms with E-state index in [1.54, 1.807) is 6.20 Å². The Balaban J connectivity index is 1.27.